The third-order valence-electron chi connectivity index (χ3n) is 3.39. The van der Waals surface area contributed by atoms with Gasteiger partial charge in [0.1, 0.15) is 5.01 Å². The minimum absolute atomic E-state index is 0. The van der Waals surface area contributed by atoms with Crippen molar-refractivity contribution in [1.29, 1.82) is 0 Å². The van der Waals surface area contributed by atoms with Gasteiger partial charge in [0.15, 0.2) is 0 Å². The number of aromatic nitrogens is 1. The van der Waals surface area contributed by atoms with Crippen molar-refractivity contribution >= 4 is 23.7 Å². The first-order valence-electron chi connectivity index (χ1n) is 6.10. The number of nitrogens with one attached hydrogen (secondary N) is 1. The van der Waals surface area contributed by atoms with Gasteiger partial charge in [-0.15, -0.1) is 23.7 Å². The van der Waals surface area contributed by atoms with E-state index in [1.807, 2.05) is 6.20 Å². The first-order chi connectivity index (χ1) is 7.77. The fourth-order valence-corrected chi connectivity index (χ4v) is 2.97. The van der Waals surface area contributed by atoms with E-state index in [2.05, 4.69) is 34.6 Å². The summed E-state index contributed by atoms with van der Waals surface area (Å²) in [6, 6.07) is 1.10. The van der Waals surface area contributed by atoms with E-state index in [1.165, 1.54) is 30.8 Å². The molecule has 0 saturated carbocycles. The summed E-state index contributed by atoms with van der Waals surface area (Å²) in [6.07, 6.45) is 5.91. The van der Waals surface area contributed by atoms with Crippen LogP contribution in [0.5, 0.6) is 0 Å². The molecular formula is C12H22ClN3S. The maximum atomic E-state index is 4.39. The fourth-order valence-electron chi connectivity index (χ4n) is 2.21. The Hall–Kier alpha value is -0.160. The topological polar surface area (TPSA) is 28.2 Å². The van der Waals surface area contributed by atoms with Crippen molar-refractivity contribution in [2.75, 3.05) is 20.1 Å². The van der Waals surface area contributed by atoms with E-state index in [0.29, 0.717) is 12.1 Å². The highest BCUT2D eigenvalue weighted by Gasteiger charge is 2.19. The lowest BCUT2D eigenvalue weighted by Crippen LogP contribution is -2.43. The van der Waals surface area contributed by atoms with Crippen LogP contribution in [-0.4, -0.2) is 36.1 Å². The number of thiazole rings is 1. The van der Waals surface area contributed by atoms with Crippen LogP contribution >= 0.6 is 23.7 Å². The maximum Gasteiger partial charge on any atom is 0.109 e. The van der Waals surface area contributed by atoms with Gasteiger partial charge in [0.25, 0.3) is 0 Å². The Morgan fingerprint density at radius 1 is 1.59 bits per heavy atom. The Kier molecular flexibility index (Phi) is 6.41. The number of hydrogen-bond donors (Lipinski definition) is 1. The quantitative estimate of drug-likeness (QED) is 0.916. The van der Waals surface area contributed by atoms with Gasteiger partial charge in [-0.05, 0) is 33.4 Å². The second kappa shape index (κ2) is 7.31. The average molecular weight is 276 g/mol. The summed E-state index contributed by atoms with van der Waals surface area (Å²) < 4.78 is 0. The van der Waals surface area contributed by atoms with Gasteiger partial charge < -0.3 is 5.32 Å². The molecule has 1 saturated heterocycles. The monoisotopic (exact) mass is 275 g/mol. The van der Waals surface area contributed by atoms with E-state index < -0.39 is 0 Å². The Bertz CT molecular complexity index is 299. The van der Waals surface area contributed by atoms with E-state index in [0.717, 1.165) is 6.54 Å². The van der Waals surface area contributed by atoms with E-state index in [1.54, 1.807) is 11.3 Å². The Morgan fingerprint density at radius 2 is 2.41 bits per heavy atom. The van der Waals surface area contributed by atoms with Crippen molar-refractivity contribution in [3.63, 3.8) is 0 Å². The van der Waals surface area contributed by atoms with Gasteiger partial charge in [0, 0.05) is 24.2 Å². The first kappa shape index (κ1) is 14.9. The van der Waals surface area contributed by atoms with Gasteiger partial charge in [0.05, 0.1) is 6.04 Å². The summed E-state index contributed by atoms with van der Waals surface area (Å²) in [4.78, 5) is 6.79. The zero-order valence-corrected chi connectivity index (χ0v) is 12.2. The second-order valence-corrected chi connectivity index (χ2v) is 5.56. The number of hydrogen-bond acceptors (Lipinski definition) is 4. The van der Waals surface area contributed by atoms with E-state index in [-0.39, 0.29) is 12.4 Å². The zero-order chi connectivity index (χ0) is 11.4. The molecule has 0 spiro atoms. The molecule has 0 aromatic carbocycles. The van der Waals surface area contributed by atoms with Crippen molar-refractivity contribution in [2.24, 2.45) is 0 Å². The first-order valence-corrected chi connectivity index (χ1v) is 6.98. The van der Waals surface area contributed by atoms with Gasteiger partial charge in [-0.2, -0.15) is 0 Å². The van der Waals surface area contributed by atoms with Crippen LogP contribution in [0.2, 0.25) is 0 Å². The molecule has 98 valence electrons. The summed E-state index contributed by atoms with van der Waals surface area (Å²) in [5, 5.41) is 6.87. The molecular weight excluding hydrogens is 254 g/mol. The van der Waals surface area contributed by atoms with Crippen molar-refractivity contribution in [3.05, 3.63) is 16.6 Å². The summed E-state index contributed by atoms with van der Waals surface area (Å²) >= 11 is 1.75. The molecule has 0 amide bonds. The Morgan fingerprint density at radius 3 is 3.00 bits per heavy atom. The predicted molar refractivity (Wildman–Crippen MR) is 76.0 cm³/mol. The zero-order valence-electron chi connectivity index (χ0n) is 10.6. The molecule has 1 aromatic heterocycles. The highest BCUT2D eigenvalue weighted by atomic mass is 35.5. The second-order valence-electron chi connectivity index (χ2n) is 4.63. The average Bonchev–Trinajstić information content (AvgIpc) is 2.83. The lowest BCUT2D eigenvalue weighted by atomic mass is 10.0. The van der Waals surface area contributed by atoms with Crippen molar-refractivity contribution < 1.29 is 0 Å². The van der Waals surface area contributed by atoms with Crippen LogP contribution in [0.25, 0.3) is 0 Å². The van der Waals surface area contributed by atoms with Gasteiger partial charge in [-0.3, -0.25) is 4.90 Å². The number of likely N-dealkylation sites (N-methyl/N-ethyl adjacent to an activating group) is 1. The highest BCUT2D eigenvalue weighted by molar-refractivity contribution is 7.09. The number of rotatable bonds is 4. The summed E-state index contributed by atoms with van der Waals surface area (Å²) in [7, 11) is 2.20. The molecule has 0 aliphatic carbocycles. The summed E-state index contributed by atoms with van der Waals surface area (Å²) in [5.74, 6) is 0. The van der Waals surface area contributed by atoms with Crippen LogP contribution in [0.4, 0.5) is 0 Å². The standard InChI is InChI=1S/C12H21N3S.ClH/c1-10(12-14-7-8-16-12)15(2)9-11-5-3-4-6-13-11;/h7-8,10-11,13H,3-6,9H2,1-2H3;1H. The van der Waals surface area contributed by atoms with Gasteiger partial charge in [-0.1, -0.05) is 6.42 Å². The molecule has 2 atom stereocenters. The molecule has 5 heteroatoms. The summed E-state index contributed by atoms with van der Waals surface area (Å²) in [6.45, 7) is 4.55. The van der Waals surface area contributed by atoms with Gasteiger partial charge in [-0.25, -0.2) is 4.98 Å². The van der Waals surface area contributed by atoms with Crippen LogP contribution in [0, 0.1) is 0 Å². The molecule has 1 aliphatic heterocycles. The van der Waals surface area contributed by atoms with Crippen LogP contribution in [-0.2, 0) is 0 Å². The van der Waals surface area contributed by atoms with E-state index in [9.17, 15) is 0 Å². The Balaban J connectivity index is 0.00000144. The molecule has 1 N–H and O–H groups in total. The van der Waals surface area contributed by atoms with Gasteiger partial charge in [0.2, 0.25) is 0 Å². The van der Waals surface area contributed by atoms with Crippen LogP contribution in [0.1, 0.15) is 37.2 Å². The minimum atomic E-state index is 0. The smallest absolute Gasteiger partial charge is 0.109 e. The lowest BCUT2D eigenvalue weighted by molar-refractivity contribution is 0.214. The normalized spacial score (nSPS) is 22.2. The molecule has 0 bridgehead atoms. The molecule has 1 aromatic rings. The predicted octanol–water partition coefficient (Wildman–Crippen LogP) is 2.70. The maximum absolute atomic E-state index is 4.39. The Labute approximate surface area is 114 Å². The van der Waals surface area contributed by atoms with Crippen molar-refractivity contribution in [2.45, 2.75) is 38.3 Å². The number of halogens is 1. The van der Waals surface area contributed by atoms with Crippen LogP contribution < -0.4 is 5.32 Å². The molecule has 2 rings (SSSR count). The molecule has 3 nitrogen and oxygen atoms in total. The van der Waals surface area contributed by atoms with E-state index in [4.69, 9.17) is 0 Å². The molecule has 1 fully saturated rings. The lowest BCUT2D eigenvalue weighted by Gasteiger charge is -2.30. The van der Waals surface area contributed by atoms with Crippen LogP contribution in [0.3, 0.4) is 0 Å². The van der Waals surface area contributed by atoms with E-state index >= 15 is 0 Å². The third-order valence-corrected chi connectivity index (χ3v) is 4.34. The van der Waals surface area contributed by atoms with Crippen molar-refractivity contribution in [3.8, 4) is 0 Å². The van der Waals surface area contributed by atoms with Crippen LogP contribution in [0.15, 0.2) is 11.6 Å². The molecule has 2 unspecified atom stereocenters. The molecule has 2 heterocycles. The molecule has 17 heavy (non-hydrogen) atoms. The largest absolute Gasteiger partial charge is 0.313 e. The third kappa shape index (κ3) is 4.21. The molecule has 1 aliphatic rings. The SMILES string of the molecule is CC(c1nccs1)N(C)CC1CCCCN1.Cl. The van der Waals surface area contributed by atoms with Gasteiger partial charge >= 0.3 is 0 Å². The fraction of sp³-hybridized carbons (Fsp3) is 0.750. The number of piperidine rings is 1. The minimum Gasteiger partial charge on any atom is -0.313 e. The molecule has 0 radical (unpaired) electrons. The summed E-state index contributed by atoms with van der Waals surface area (Å²) in [5.41, 5.74) is 0. The highest BCUT2D eigenvalue weighted by Crippen LogP contribution is 2.21. The number of nitrogens with zero attached hydrogens (tertiary/aromatic N) is 2. The van der Waals surface area contributed by atoms with Crippen molar-refractivity contribution in [1.82, 2.24) is 15.2 Å².